The molecule has 3 aliphatic rings. The van der Waals surface area contributed by atoms with Crippen LogP contribution in [0.25, 0.3) is 0 Å². The highest BCUT2D eigenvalue weighted by Gasteiger charge is 2.45. The molecule has 3 nitrogen and oxygen atoms in total. The molecule has 0 amide bonds. The van der Waals surface area contributed by atoms with Crippen LogP contribution in [0.5, 0.6) is 0 Å². The Morgan fingerprint density at radius 3 is 2.35 bits per heavy atom. The zero-order chi connectivity index (χ0) is 13.2. The molecular formula is C16H28ClNO2. The van der Waals surface area contributed by atoms with Gasteiger partial charge in [-0.2, -0.15) is 0 Å². The summed E-state index contributed by atoms with van der Waals surface area (Å²) in [6, 6.07) is 0.395. The highest BCUT2D eigenvalue weighted by Crippen LogP contribution is 2.41. The van der Waals surface area contributed by atoms with Gasteiger partial charge < -0.3 is 5.11 Å². The number of likely N-dealkylation sites (tertiary alicyclic amines) is 1. The van der Waals surface area contributed by atoms with Crippen LogP contribution in [-0.2, 0) is 4.79 Å². The third-order valence-corrected chi connectivity index (χ3v) is 5.70. The van der Waals surface area contributed by atoms with Gasteiger partial charge in [0.15, 0.2) is 0 Å². The first-order valence-electron chi connectivity index (χ1n) is 8.24. The predicted octanol–water partition coefficient (Wildman–Crippen LogP) is 3.71. The first-order chi connectivity index (χ1) is 9.25. The van der Waals surface area contributed by atoms with Gasteiger partial charge in [-0.15, -0.1) is 12.4 Å². The average Bonchev–Trinajstić information content (AvgIpc) is 2.79. The van der Waals surface area contributed by atoms with Crippen LogP contribution in [0.3, 0.4) is 0 Å². The summed E-state index contributed by atoms with van der Waals surface area (Å²) >= 11 is 0. The lowest BCUT2D eigenvalue weighted by Gasteiger charge is -2.36. The van der Waals surface area contributed by atoms with Gasteiger partial charge in [0.1, 0.15) is 6.04 Å². The van der Waals surface area contributed by atoms with Crippen molar-refractivity contribution in [1.82, 2.24) is 4.90 Å². The van der Waals surface area contributed by atoms with Gasteiger partial charge in [0.2, 0.25) is 0 Å². The van der Waals surface area contributed by atoms with Gasteiger partial charge in [-0.05, 0) is 43.9 Å². The molecule has 1 saturated heterocycles. The van der Waals surface area contributed by atoms with Gasteiger partial charge in [-0.3, -0.25) is 9.69 Å². The van der Waals surface area contributed by atoms with E-state index in [0.29, 0.717) is 12.0 Å². The smallest absolute Gasteiger partial charge is 0.320 e. The number of carboxylic acids is 1. The number of hydrogen-bond acceptors (Lipinski definition) is 2. The Morgan fingerprint density at radius 1 is 1.00 bits per heavy atom. The molecular weight excluding hydrogens is 274 g/mol. The third kappa shape index (κ3) is 3.30. The number of fused-ring (bicyclic) bond motifs is 1. The number of aliphatic carboxylic acids is 1. The standard InChI is InChI=1S/C16H27NO2.ClH/c18-16(19)15-10-13-8-4-5-9-14(13)17(15)11-12-6-2-1-3-7-12;/h12-15H,1-11H2,(H,18,19);1H. The lowest BCUT2D eigenvalue weighted by atomic mass is 9.84. The van der Waals surface area contributed by atoms with Crippen LogP contribution in [0, 0.1) is 11.8 Å². The first-order valence-corrected chi connectivity index (χ1v) is 8.24. The Balaban J connectivity index is 0.00000147. The van der Waals surface area contributed by atoms with Gasteiger partial charge in [0.25, 0.3) is 0 Å². The highest BCUT2D eigenvalue weighted by atomic mass is 35.5. The second-order valence-corrected chi connectivity index (χ2v) is 6.90. The molecule has 3 rings (SSSR count). The van der Waals surface area contributed by atoms with Crippen molar-refractivity contribution < 1.29 is 9.90 Å². The highest BCUT2D eigenvalue weighted by molar-refractivity contribution is 5.85. The van der Waals surface area contributed by atoms with Gasteiger partial charge >= 0.3 is 5.97 Å². The molecule has 2 aliphatic carbocycles. The lowest BCUT2D eigenvalue weighted by molar-refractivity contribution is -0.143. The fourth-order valence-corrected chi connectivity index (χ4v) is 4.73. The summed E-state index contributed by atoms with van der Waals surface area (Å²) in [5.74, 6) is 0.847. The summed E-state index contributed by atoms with van der Waals surface area (Å²) in [5, 5.41) is 9.52. The number of rotatable bonds is 3. The van der Waals surface area contributed by atoms with Crippen LogP contribution in [0.1, 0.15) is 64.2 Å². The molecule has 1 aliphatic heterocycles. The summed E-state index contributed by atoms with van der Waals surface area (Å²) in [7, 11) is 0. The Kier molecular flexibility index (Phi) is 5.74. The normalized spacial score (nSPS) is 35.3. The molecule has 0 bridgehead atoms. The van der Waals surface area contributed by atoms with Gasteiger partial charge in [0.05, 0.1) is 0 Å². The topological polar surface area (TPSA) is 40.5 Å². The van der Waals surface area contributed by atoms with E-state index < -0.39 is 5.97 Å². The van der Waals surface area contributed by atoms with Crippen molar-refractivity contribution in [3.05, 3.63) is 0 Å². The molecule has 20 heavy (non-hydrogen) atoms. The van der Waals surface area contributed by atoms with Crippen LogP contribution in [0.15, 0.2) is 0 Å². The first kappa shape index (κ1) is 16.1. The maximum atomic E-state index is 11.6. The molecule has 0 radical (unpaired) electrons. The van der Waals surface area contributed by atoms with Gasteiger partial charge in [-0.1, -0.05) is 32.1 Å². The van der Waals surface area contributed by atoms with E-state index in [4.69, 9.17) is 0 Å². The molecule has 0 aromatic rings. The number of halogens is 1. The van der Waals surface area contributed by atoms with Gasteiger partial charge in [0, 0.05) is 12.6 Å². The molecule has 4 heteroatoms. The Labute approximate surface area is 128 Å². The third-order valence-electron chi connectivity index (χ3n) is 5.70. The van der Waals surface area contributed by atoms with Crippen molar-refractivity contribution in [2.75, 3.05) is 6.54 Å². The van der Waals surface area contributed by atoms with Crippen molar-refractivity contribution in [2.45, 2.75) is 76.3 Å². The van der Waals surface area contributed by atoms with Gasteiger partial charge in [-0.25, -0.2) is 0 Å². The minimum Gasteiger partial charge on any atom is -0.480 e. The maximum Gasteiger partial charge on any atom is 0.320 e. The molecule has 0 aromatic carbocycles. The van der Waals surface area contributed by atoms with E-state index >= 15 is 0 Å². The Hall–Kier alpha value is -0.280. The molecule has 0 aromatic heterocycles. The van der Waals surface area contributed by atoms with Crippen molar-refractivity contribution in [1.29, 1.82) is 0 Å². The van der Waals surface area contributed by atoms with E-state index in [1.54, 1.807) is 0 Å². The molecule has 2 saturated carbocycles. The van der Waals surface area contributed by atoms with Crippen LogP contribution in [0.2, 0.25) is 0 Å². The van der Waals surface area contributed by atoms with Crippen LogP contribution < -0.4 is 0 Å². The lowest BCUT2D eigenvalue weighted by Crippen LogP contribution is -2.45. The van der Waals surface area contributed by atoms with E-state index in [-0.39, 0.29) is 18.4 Å². The maximum absolute atomic E-state index is 11.6. The average molecular weight is 302 g/mol. The van der Waals surface area contributed by atoms with E-state index in [1.165, 1.54) is 57.8 Å². The number of carbonyl (C=O) groups is 1. The zero-order valence-corrected chi connectivity index (χ0v) is 13.1. The molecule has 116 valence electrons. The second-order valence-electron chi connectivity index (χ2n) is 6.90. The fourth-order valence-electron chi connectivity index (χ4n) is 4.73. The Morgan fingerprint density at radius 2 is 1.65 bits per heavy atom. The minimum absolute atomic E-state index is 0. The SMILES string of the molecule is Cl.O=C(O)C1CC2CCCCC2N1CC1CCCCC1. The molecule has 3 unspecified atom stereocenters. The second kappa shape index (κ2) is 7.13. The van der Waals surface area contributed by atoms with Crippen molar-refractivity contribution in [2.24, 2.45) is 11.8 Å². The summed E-state index contributed by atoms with van der Waals surface area (Å²) in [4.78, 5) is 13.9. The predicted molar refractivity (Wildman–Crippen MR) is 82.3 cm³/mol. The number of nitrogens with zero attached hydrogens (tertiary/aromatic N) is 1. The molecule has 0 spiro atoms. The van der Waals surface area contributed by atoms with Crippen LogP contribution in [-0.4, -0.2) is 34.6 Å². The minimum atomic E-state index is -0.579. The number of hydrogen-bond donors (Lipinski definition) is 1. The summed E-state index contributed by atoms with van der Waals surface area (Å²) in [6.45, 7) is 1.05. The summed E-state index contributed by atoms with van der Waals surface area (Å²) in [6.07, 6.45) is 12.7. The van der Waals surface area contributed by atoms with Crippen molar-refractivity contribution >= 4 is 18.4 Å². The molecule has 3 atom stereocenters. The zero-order valence-electron chi connectivity index (χ0n) is 12.3. The van der Waals surface area contributed by atoms with E-state index in [0.717, 1.165) is 18.9 Å². The summed E-state index contributed by atoms with van der Waals surface area (Å²) in [5.41, 5.74) is 0. The van der Waals surface area contributed by atoms with Crippen molar-refractivity contribution in [3.8, 4) is 0 Å². The van der Waals surface area contributed by atoms with Crippen molar-refractivity contribution in [3.63, 3.8) is 0 Å². The van der Waals surface area contributed by atoms with E-state index in [1.807, 2.05) is 0 Å². The van der Waals surface area contributed by atoms with Crippen LogP contribution in [0.4, 0.5) is 0 Å². The molecule has 1 heterocycles. The molecule has 1 N–H and O–H groups in total. The van der Waals surface area contributed by atoms with Crippen LogP contribution >= 0.6 is 12.4 Å². The monoisotopic (exact) mass is 301 g/mol. The summed E-state index contributed by atoms with van der Waals surface area (Å²) < 4.78 is 0. The number of carboxylic acid groups (broad SMARTS) is 1. The van der Waals surface area contributed by atoms with E-state index in [2.05, 4.69) is 4.90 Å². The van der Waals surface area contributed by atoms with E-state index in [9.17, 15) is 9.90 Å². The fraction of sp³-hybridized carbons (Fsp3) is 0.938. The Bertz CT molecular complexity index is 330. The quantitative estimate of drug-likeness (QED) is 0.864. The largest absolute Gasteiger partial charge is 0.480 e. The molecule has 3 fully saturated rings.